The number of likely N-dealkylation sites (N-methyl/N-ethyl adjacent to an activating group) is 1. The Morgan fingerprint density at radius 1 is 1.23 bits per heavy atom. The highest BCUT2D eigenvalue weighted by atomic mass is 79.9. The summed E-state index contributed by atoms with van der Waals surface area (Å²) in [5, 5.41) is 10.4. The molecule has 9 heteroatoms. The Balaban J connectivity index is 1.88. The van der Waals surface area contributed by atoms with Gasteiger partial charge in [-0.15, -0.1) is 24.9 Å². The molecule has 2 bridgehead atoms. The highest BCUT2D eigenvalue weighted by Gasteiger charge is 2.76. The Kier molecular flexibility index (Phi) is 9.27. The molecule has 1 aromatic carbocycles. The number of aryl methyl sites for hydroxylation is 2. The number of thioether (sulfide) groups is 1. The van der Waals surface area contributed by atoms with E-state index in [1.807, 2.05) is 45.9 Å². The second-order valence-corrected chi connectivity index (χ2v) is 14.6. The third-order valence-electron chi connectivity index (χ3n) is 8.61. The van der Waals surface area contributed by atoms with E-state index >= 15 is 0 Å². The van der Waals surface area contributed by atoms with Crippen molar-refractivity contribution >= 4 is 51.1 Å². The van der Waals surface area contributed by atoms with Gasteiger partial charge < -0.3 is 19.8 Å². The van der Waals surface area contributed by atoms with Crippen LogP contribution in [0.4, 0.5) is 5.69 Å². The first-order chi connectivity index (χ1) is 18.9. The number of nitrogens with zero attached hydrogens (tertiary/aromatic N) is 3. The van der Waals surface area contributed by atoms with Gasteiger partial charge in [0.2, 0.25) is 11.8 Å². The van der Waals surface area contributed by atoms with E-state index in [0.29, 0.717) is 19.4 Å². The van der Waals surface area contributed by atoms with Gasteiger partial charge in [-0.3, -0.25) is 14.4 Å². The van der Waals surface area contributed by atoms with Crippen molar-refractivity contribution < 1.29 is 19.5 Å². The minimum absolute atomic E-state index is 0.0193. The number of aliphatic hydroxyl groups excluding tert-OH is 1. The van der Waals surface area contributed by atoms with Crippen LogP contribution in [0, 0.1) is 31.6 Å². The number of fused-ring (bicyclic) bond motifs is 1. The summed E-state index contributed by atoms with van der Waals surface area (Å²) in [6.07, 6.45) is 4.53. The summed E-state index contributed by atoms with van der Waals surface area (Å²) < 4.78 is -0.788. The number of alkyl halides is 1. The quantitative estimate of drug-likeness (QED) is 0.290. The van der Waals surface area contributed by atoms with Crippen molar-refractivity contribution in [3.63, 3.8) is 0 Å². The maximum Gasteiger partial charge on any atom is 0.251 e. The van der Waals surface area contributed by atoms with Crippen LogP contribution in [0.3, 0.4) is 0 Å². The first-order valence-corrected chi connectivity index (χ1v) is 15.8. The summed E-state index contributed by atoms with van der Waals surface area (Å²) in [4.78, 5) is 48.2. The Hall–Kier alpha value is -2.10. The lowest BCUT2D eigenvalue weighted by molar-refractivity contribution is -0.145. The predicted molar refractivity (Wildman–Crippen MR) is 166 cm³/mol. The number of likely N-dealkylation sites (tertiary alicyclic amines) is 1. The normalized spacial score (nSPS) is 29.4. The molecule has 3 fully saturated rings. The second kappa shape index (κ2) is 12.0. The summed E-state index contributed by atoms with van der Waals surface area (Å²) in [7, 11) is 1.73. The van der Waals surface area contributed by atoms with Gasteiger partial charge >= 0.3 is 0 Å². The molecule has 3 aliphatic heterocycles. The Labute approximate surface area is 251 Å². The molecule has 218 valence electrons. The number of carbonyl (C=O) groups excluding carboxylic acids is 3. The maximum absolute atomic E-state index is 14.9. The van der Waals surface area contributed by atoms with Gasteiger partial charge in [-0.05, 0) is 49.8 Å². The first kappa shape index (κ1) is 30.8. The number of rotatable bonds is 11. The molecule has 1 spiro atoms. The number of benzene rings is 1. The molecular weight excluding hydrogens is 590 g/mol. The van der Waals surface area contributed by atoms with Gasteiger partial charge in [-0.2, -0.15) is 0 Å². The van der Waals surface area contributed by atoms with Gasteiger partial charge in [-0.25, -0.2) is 0 Å². The highest BCUT2D eigenvalue weighted by molar-refractivity contribution is 9.09. The molecule has 1 N–H and O–H groups in total. The molecule has 3 amide bonds. The van der Waals surface area contributed by atoms with Gasteiger partial charge in [0.15, 0.2) is 0 Å². The third-order valence-corrected chi connectivity index (χ3v) is 11.8. The SMILES string of the molecule is C=CCN(C)C(=O)[C@H]1[C@H]2C(=O)N([C@@H](CO)CC(C)C)C(C(=O)N(CC=C)c3cc(C)ccc3C)C23CC(Br)[C@@H]1S3. The topological polar surface area (TPSA) is 81.2 Å². The van der Waals surface area contributed by atoms with Crippen LogP contribution in [0.5, 0.6) is 0 Å². The van der Waals surface area contributed by atoms with Crippen molar-refractivity contribution in [2.24, 2.45) is 17.8 Å². The van der Waals surface area contributed by atoms with E-state index in [-0.39, 0.29) is 46.9 Å². The lowest BCUT2D eigenvalue weighted by atomic mass is 9.70. The minimum Gasteiger partial charge on any atom is -0.394 e. The molecular formula is C31H42BrN3O4S. The van der Waals surface area contributed by atoms with E-state index in [2.05, 4.69) is 29.1 Å². The van der Waals surface area contributed by atoms with Gasteiger partial charge in [0, 0.05) is 35.9 Å². The fraction of sp³-hybridized carbons (Fsp3) is 0.581. The van der Waals surface area contributed by atoms with Crippen LogP contribution < -0.4 is 4.90 Å². The van der Waals surface area contributed by atoms with E-state index in [1.165, 1.54) is 0 Å². The van der Waals surface area contributed by atoms with Crippen LogP contribution in [-0.2, 0) is 14.4 Å². The molecule has 7 nitrogen and oxygen atoms in total. The fourth-order valence-electron chi connectivity index (χ4n) is 6.97. The Morgan fingerprint density at radius 3 is 2.50 bits per heavy atom. The van der Waals surface area contributed by atoms with Crippen LogP contribution >= 0.6 is 27.7 Å². The zero-order valence-electron chi connectivity index (χ0n) is 24.2. The van der Waals surface area contributed by atoms with E-state index in [4.69, 9.17) is 0 Å². The van der Waals surface area contributed by atoms with Gasteiger partial charge in [-0.1, -0.05) is 54.1 Å². The summed E-state index contributed by atoms with van der Waals surface area (Å²) in [5.74, 6) is -1.49. The van der Waals surface area contributed by atoms with E-state index in [1.54, 1.807) is 45.7 Å². The van der Waals surface area contributed by atoms with Crippen molar-refractivity contribution in [3.05, 3.63) is 54.6 Å². The van der Waals surface area contributed by atoms with Crippen molar-refractivity contribution in [2.45, 2.75) is 67.4 Å². The van der Waals surface area contributed by atoms with Crippen molar-refractivity contribution in [1.82, 2.24) is 9.80 Å². The fourth-order valence-corrected chi connectivity index (χ4v) is 10.6. The molecule has 40 heavy (non-hydrogen) atoms. The number of halogens is 1. The number of anilines is 1. The van der Waals surface area contributed by atoms with Crippen LogP contribution in [-0.4, -0.2) is 86.3 Å². The number of amides is 3. The molecule has 0 saturated carbocycles. The molecule has 3 saturated heterocycles. The minimum atomic E-state index is -0.821. The van der Waals surface area contributed by atoms with E-state index in [9.17, 15) is 19.5 Å². The summed E-state index contributed by atoms with van der Waals surface area (Å²) in [5.41, 5.74) is 2.76. The molecule has 3 heterocycles. The van der Waals surface area contributed by atoms with Crippen LogP contribution in [0.2, 0.25) is 0 Å². The van der Waals surface area contributed by atoms with E-state index in [0.717, 1.165) is 16.8 Å². The van der Waals surface area contributed by atoms with E-state index < -0.39 is 28.7 Å². The molecule has 4 rings (SSSR count). The average molecular weight is 633 g/mol. The van der Waals surface area contributed by atoms with Crippen molar-refractivity contribution in [1.29, 1.82) is 0 Å². The predicted octanol–water partition coefficient (Wildman–Crippen LogP) is 4.34. The zero-order chi connectivity index (χ0) is 29.5. The standard InChI is InChI=1S/C31H42BrN3O4S/c1-8-12-33(7)28(37)24-25-29(38)35(21(17-36)14-18(3)4)27(31(25)16-22(32)26(24)40-31)30(39)34(13-9-2)23-15-19(5)10-11-20(23)6/h8-11,15,18,21-22,24-27,36H,1-2,12-14,16-17H2,3-7H3/t21-,22?,24+,25+,26+,27?,31?/m1/s1. The van der Waals surface area contributed by atoms with Crippen molar-refractivity contribution in [2.75, 3.05) is 31.6 Å². The number of hydrogen-bond donors (Lipinski definition) is 1. The molecule has 7 atom stereocenters. The van der Waals surface area contributed by atoms with Crippen LogP contribution in [0.1, 0.15) is 37.8 Å². The highest BCUT2D eigenvalue weighted by Crippen LogP contribution is 2.68. The summed E-state index contributed by atoms with van der Waals surface area (Å²) in [6.45, 7) is 16.2. The van der Waals surface area contributed by atoms with Crippen LogP contribution in [0.15, 0.2) is 43.5 Å². The largest absolute Gasteiger partial charge is 0.394 e. The molecule has 0 radical (unpaired) electrons. The van der Waals surface area contributed by atoms with Crippen molar-refractivity contribution in [3.8, 4) is 0 Å². The van der Waals surface area contributed by atoms with Gasteiger partial charge in [0.25, 0.3) is 5.91 Å². The maximum atomic E-state index is 14.9. The lowest BCUT2D eigenvalue weighted by Gasteiger charge is -2.40. The smallest absolute Gasteiger partial charge is 0.251 e. The summed E-state index contributed by atoms with van der Waals surface area (Å²) >= 11 is 5.46. The second-order valence-electron chi connectivity index (χ2n) is 11.9. The number of carbonyl (C=O) groups is 3. The summed E-state index contributed by atoms with van der Waals surface area (Å²) in [6, 6.07) is 4.66. The number of hydrogen-bond acceptors (Lipinski definition) is 5. The lowest BCUT2D eigenvalue weighted by Crippen LogP contribution is -2.58. The van der Waals surface area contributed by atoms with Gasteiger partial charge in [0.1, 0.15) is 6.04 Å². The Bertz CT molecular complexity index is 1190. The Morgan fingerprint density at radius 2 is 1.90 bits per heavy atom. The molecule has 3 aliphatic rings. The molecule has 0 aromatic heterocycles. The third kappa shape index (κ3) is 5.07. The first-order valence-electron chi connectivity index (χ1n) is 14.0. The molecule has 0 aliphatic carbocycles. The van der Waals surface area contributed by atoms with Crippen LogP contribution in [0.25, 0.3) is 0 Å². The average Bonchev–Trinajstić information content (AvgIpc) is 3.50. The molecule has 1 aromatic rings. The zero-order valence-corrected chi connectivity index (χ0v) is 26.6. The van der Waals surface area contributed by atoms with Gasteiger partial charge in [0.05, 0.1) is 29.2 Å². The number of aliphatic hydroxyl groups is 1. The monoisotopic (exact) mass is 631 g/mol. The molecule has 3 unspecified atom stereocenters.